The number of carbonyl (C=O) groups is 3. The average molecular weight is 324 g/mol. The topological polar surface area (TPSA) is 100 Å². The van der Waals surface area contributed by atoms with Gasteiger partial charge in [0.2, 0.25) is 11.8 Å². The number of rotatable bonds is 4. The van der Waals surface area contributed by atoms with Gasteiger partial charge in [0.05, 0.1) is 11.3 Å². The van der Waals surface area contributed by atoms with Crippen LogP contribution < -0.4 is 16.0 Å². The first-order valence-corrected chi connectivity index (χ1v) is 7.54. The van der Waals surface area contributed by atoms with E-state index < -0.39 is 6.04 Å². The largest absolute Gasteiger partial charge is 0.340 e. The van der Waals surface area contributed by atoms with Crippen molar-refractivity contribution in [1.29, 1.82) is 0 Å². The fraction of sp³-hybridized carbons (Fsp3) is 0.176. The van der Waals surface area contributed by atoms with E-state index in [9.17, 15) is 14.4 Å². The third-order valence-electron chi connectivity index (χ3n) is 3.68. The van der Waals surface area contributed by atoms with Gasteiger partial charge in [0.25, 0.3) is 5.91 Å². The number of hydrogen-bond donors (Lipinski definition) is 3. The molecular weight excluding hydrogens is 308 g/mol. The maximum absolute atomic E-state index is 12.2. The SMILES string of the molecule is O=C(CC[C@H]1NC(=O)c2ccccc2NC1=O)Nc1ccncc1. The van der Waals surface area contributed by atoms with Crippen LogP contribution in [0, 0.1) is 0 Å². The molecule has 0 saturated carbocycles. The molecule has 2 aromatic rings. The van der Waals surface area contributed by atoms with Crippen molar-refractivity contribution in [2.75, 3.05) is 10.6 Å². The van der Waals surface area contributed by atoms with Gasteiger partial charge in [-0.3, -0.25) is 19.4 Å². The number of carbonyl (C=O) groups excluding carboxylic acids is 3. The smallest absolute Gasteiger partial charge is 0.254 e. The highest BCUT2D eigenvalue weighted by molar-refractivity contribution is 6.09. The molecule has 3 amide bonds. The van der Waals surface area contributed by atoms with Gasteiger partial charge in [-0.1, -0.05) is 12.1 Å². The molecule has 2 heterocycles. The summed E-state index contributed by atoms with van der Waals surface area (Å²) in [4.78, 5) is 40.3. The molecule has 7 heteroatoms. The first-order valence-electron chi connectivity index (χ1n) is 7.54. The van der Waals surface area contributed by atoms with Crippen molar-refractivity contribution in [2.24, 2.45) is 0 Å². The standard InChI is InChI=1S/C17H16N4O3/c22-15(19-11-7-9-18-10-8-11)6-5-14-17(24)20-13-4-2-1-3-12(13)16(23)21-14/h1-4,7-10,14H,5-6H2,(H,20,24)(H,21,23)(H,18,19,22)/t14-/m1/s1. The van der Waals surface area contributed by atoms with E-state index in [4.69, 9.17) is 0 Å². The molecule has 1 aliphatic heterocycles. The van der Waals surface area contributed by atoms with E-state index >= 15 is 0 Å². The number of nitrogens with zero attached hydrogens (tertiary/aromatic N) is 1. The van der Waals surface area contributed by atoms with Gasteiger partial charge >= 0.3 is 0 Å². The molecule has 24 heavy (non-hydrogen) atoms. The van der Waals surface area contributed by atoms with E-state index in [1.807, 2.05) is 0 Å². The Balaban J connectivity index is 1.61. The molecule has 1 aromatic heterocycles. The number of benzene rings is 1. The number of nitrogens with one attached hydrogen (secondary N) is 3. The van der Waals surface area contributed by atoms with Crippen LogP contribution in [0.15, 0.2) is 48.8 Å². The summed E-state index contributed by atoms with van der Waals surface area (Å²) in [5.41, 5.74) is 1.52. The third kappa shape index (κ3) is 3.57. The van der Waals surface area contributed by atoms with E-state index in [2.05, 4.69) is 20.9 Å². The van der Waals surface area contributed by atoms with Crippen molar-refractivity contribution >= 4 is 29.1 Å². The van der Waals surface area contributed by atoms with Crippen molar-refractivity contribution in [3.8, 4) is 0 Å². The molecule has 0 saturated heterocycles. The Morgan fingerprint density at radius 3 is 2.67 bits per heavy atom. The summed E-state index contributed by atoms with van der Waals surface area (Å²) in [6.07, 6.45) is 3.47. The summed E-state index contributed by atoms with van der Waals surface area (Å²) in [5.74, 6) is -0.890. The highest BCUT2D eigenvalue weighted by atomic mass is 16.2. The van der Waals surface area contributed by atoms with E-state index in [0.717, 1.165) is 0 Å². The lowest BCUT2D eigenvalue weighted by Gasteiger charge is -2.14. The predicted octanol–water partition coefficient (Wildman–Crippen LogP) is 1.55. The summed E-state index contributed by atoms with van der Waals surface area (Å²) in [7, 11) is 0. The van der Waals surface area contributed by atoms with Gasteiger partial charge in [0.15, 0.2) is 0 Å². The van der Waals surface area contributed by atoms with E-state index in [1.54, 1.807) is 48.8 Å². The Bertz CT molecular complexity index is 776. The minimum Gasteiger partial charge on any atom is -0.340 e. The summed E-state index contributed by atoms with van der Waals surface area (Å²) >= 11 is 0. The van der Waals surface area contributed by atoms with Gasteiger partial charge in [-0.2, -0.15) is 0 Å². The van der Waals surface area contributed by atoms with Crippen molar-refractivity contribution in [3.05, 3.63) is 54.4 Å². The number of fused-ring (bicyclic) bond motifs is 1. The molecule has 0 unspecified atom stereocenters. The zero-order valence-electron chi connectivity index (χ0n) is 12.8. The molecule has 0 spiro atoms. The maximum atomic E-state index is 12.2. The molecule has 0 bridgehead atoms. The number of anilines is 2. The third-order valence-corrected chi connectivity index (χ3v) is 3.68. The number of aromatic nitrogens is 1. The fourth-order valence-corrected chi connectivity index (χ4v) is 2.45. The van der Waals surface area contributed by atoms with Crippen LogP contribution in [0.2, 0.25) is 0 Å². The zero-order valence-corrected chi connectivity index (χ0v) is 12.8. The summed E-state index contributed by atoms with van der Waals surface area (Å²) in [5, 5.41) is 8.09. The monoisotopic (exact) mass is 324 g/mol. The molecule has 0 fully saturated rings. The quantitative estimate of drug-likeness (QED) is 0.794. The van der Waals surface area contributed by atoms with E-state index in [-0.39, 0.29) is 30.6 Å². The lowest BCUT2D eigenvalue weighted by molar-refractivity contribution is -0.118. The second-order valence-corrected chi connectivity index (χ2v) is 5.38. The van der Waals surface area contributed by atoms with Crippen LogP contribution in [0.5, 0.6) is 0 Å². The highest BCUT2D eigenvalue weighted by Gasteiger charge is 2.27. The Morgan fingerprint density at radius 1 is 1.12 bits per heavy atom. The van der Waals surface area contributed by atoms with Crippen LogP contribution in [0.4, 0.5) is 11.4 Å². The van der Waals surface area contributed by atoms with E-state index in [0.29, 0.717) is 16.9 Å². The number of pyridine rings is 1. The lowest BCUT2D eigenvalue weighted by Crippen LogP contribution is -2.41. The molecule has 0 radical (unpaired) electrons. The van der Waals surface area contributed by atoms with Crippen molar-refractivity contribution in [3.63, 3.8) is 0 Å². The molecule has 7 nitrogen and oxygen atoms in total. The number of hydrogen-bond acceptors (Lipinski definition) is 4. The highest BCUT2D eigenvalue weighted by Crippen LogP contribution is 2.19. The molecule has 1 aromatic carbocycles. The van der Waals surface area contributed by atoms with Gasteiger partial charge in [-0.25, -0.2) is 0 Å². The molecular formula is C17H16N4O3. The lowest BCUT2D eigenvalue weighted by atomic mass is 10.1. The van der Waals surface area contributed by atoms with Crippen molar-refractivity contribution in [2.45, 2.75) is 18.9 Å². The molecule has 0 aliphatic carbocycles. The summed E-state index contributed by atoms with van der Waals surface area (Å²) in [6, 6.07) is 9.38. The average Bonchev–Trinajstić information content (AvgIpc) is 2.71. The van der Waals surface area contributed by atoms with E-state index in [1.165, 1.54) is 0 Å². The van der Waals surface area contributed by atoms with Gasteiger partial charge in [0, 0.05) is 24.5 Å². The Labute approximate surface area is 138 Å². The fourth-order valence-electron chi connectivity index (χ4n) is 2.45. The molecule has 1 atom stereocenters. The van der Waals surface area contributed by atoms with Gasteiger partial charge < -0.3 is 16.0 Å². The first kappa shape index (κ1) is 15.7. The molecule has 122 valence electrons. The molecule has 3 rings (SSSR count). The maximum Gasteiger partial charge on any atom is 0.254 e. The summed E-state index contributed by atoms with van der Waals surface area (Å²) in [6.45, 7) is 0. The first-order chi connectivity index (χ1) is 11.6. The normalized spacial score (nSPS) is 16.4. The second-order valence-electron chi connectivity index (χ2n) is 5.38. The van der Waals surface area contributed by atoms with Crippen LogP contribution in [0.3, 0.4) is 0 Å². The zero-order chi connectivity index (χ0) is 16.9. The minimum atomic E-state index is -0.756. The predicted molar refractivity (Wildman–Crippen MR) is 88.4 cm³/mol. The van der Waals surface area contributed by atoms with Gasteiger partial charge in [0.1, 0.15) is 6.04 Å². The Kier molecular flexibility index (Phi) is 4.51. The number of amides is 3. The Hall–Kier alpha value is -3.22. The van der Waals surface area contributed by atoms with Crippen LogP contribution in [-0.2, 0) is 9.59 Å². The Morgan fingerprint density at radius 2 is 1.88 bits per heavy atom. The summed E-state index contributed by atoms with van der Waals surface area (Å²) < 4.78 is 0. The van der Waals surface area contributed by atoms with Crippen LogP contribution in [-0.4, -0.2) is 28.7 Å². The minimum absolute atomic E-state index is 0.108. The van der Waals surface area contributed by atoms with Crippen LogP contribution >= 0.6 is 0 Å². The van der Waals surface area contributed by atoms with Crippen molar-refractivity contribution < 1.29 is 14.4 Å². The molecule has 1 aliphatic rings. The van der Waals surface area contributed by atoms with Crippen LogP contribution in [0.1, 0.15) is 23.2 Å². The second kappa shape index (κ2) is 6.91. The number of para-hydroxylation sites is 1. The molecule has 3 N–H and O–H groups in total. The van der Waals surface area contributed by atoms with Gasteiger partial charge in [-0.05, 0) is 30.7 Å². The van der Waals surface area contributed by atoms with Crippen molar-refractivity contribution in [1.82, 2.24) is 10.3 Å². The van der Waals surface area contributed by atoms with Gasteiger partial charge in [-0.15, -0.1) is 0 Å². The van der Waals surface area contributed by atoms with Crippen LogP contribution in [0.25, 0.3) is 0 Å².